The SMILES string of the molecule is COCC1(C#N)CC(N2C3CC[C@@H]2CN(c2ccnn4cc(-c5cnn(C)c5)cc24)C3)C1. The maximum absolute atomic E-state index is 9.64. The highest BCUT2D eigenvalue weighted by Gasteiger charge is 2.53. The third-order valence-electron chi connectivity index (χ3n) is 7.74. The molecule has 0 amide bonds. The molecule has 166 valence electrons. The number of ether oxygens (including phenoxy) is 1. The Morgan fingerprint density at radius 3 is 2.56 bits per heavy atom. The van der Waals surface area contributed by atoms with Crippen molar-refractivity contribution in [3.8, 4) is 17.2 Å². The number of aromatic nitrogens is 4. The molecule has 3 fully saturated rings. The van der Waals surface area contributed by atoms with E-state index >= 15 is 0 Å². The first-order chi connectivity index (χ1) is 15.6. The summed E-state index contributed by atoms with van der Waals surface area (Å²) in [6.07, 6.45) is 12.3. The van der Waals surface area contributed by atoms with Crippen molar-refractivity contribution >= 4 is 11.2 Å². The van der Waals surface area contributed by atoms with Gasteiger partial charge in [-0.2, -0.15) is 15.5 Å². The van der Waals surface area contributed by atoms with Crippen molar-refractivity contribution in [1.29, 1.82) is 5.26 Å². The van der Waals surface area contributed by atoms with Gasteiger partial charge < -0.3 is 9.64 Å². The van der Waals surface area contributed by atoms with Gasteiger partial charge in [-0.05, 0) is 37.8 Å². The number of rotatable bonds is 5. The van der Waals surface area contributed by atoms with Crippen molar-refractivity contribution in [2.45, 2.75) is 43.8 Å². The molecule has 3 aromatic rings. The summed E-state index contributed by atoms with van der Waals surface area (Å²) < 4.78 is 9.15. The van der Waals surface area contributed by atoms with Crippen molar-refractivity contribution in [2.24, 2.45) is 12.5 Å². The maximum atomic E-state index is 9.64. The average Bonchev–Trinajstić information content (AvgIpc) is 3.45. The molecule has 3 aliphatic rings. The van der Waals surface area contributed by atoms with E-state index in [1.54, 1.807) is 7.11 Å². The second-order valence-electron chi connectivity index (χ2n) is 9.80. The summed E-state index contributed by atoms with van der Waals surface area (Å²) in [6.45, 7) is 2.62. The van der Waals surface area contributed by atoms with Gasteiger partial charge in [-0.15, -0.1) is 0 Å². The van der Waals surface area contributed by atoms with Crippen LogP contribution in [0.5, 0.6) is 0 Å². The Hall–Kier alpha value is -2.89. The molecular weight excluding hydrogens is 402 g/mol. The van der Waals surface area contributed by atoms with Gasteiger partial charge in [0.2, 0.25) is 0 Å². The molecule has 1 aliphatic carbocycles. The van der Waals surface area contributed by atoms with Crippen molar-refractivity contribution in [1.82, 2.24) is 24.3 Å². The van der Waals surface area contributed by atoms with Gasteiger partial charge in [0.05, 0.1) is 35.5 Å². The van der Waals surface area contributed by atoms with Crippen molar-refractivity contribution < 1.29 is 4.74 Å². The number of piperazine rings is 1. The van der Waals surface area contributed by atoms with E-state index in [2.05, 4.69) is 44.4 Å². The molecule has 32 heavy (non-hydrogen) atoms. The van der Waals surface area contributed by atoms with Crippen LogP contribution in [0.3, 0.4) is 0 Å². The summed E-state index contributed by atoms with van der Waals surface area (Å²) in [5.41, 5.74) is 4.37. The Bertz CT molecular complexity index is 1170. The molecule has 5 heterocycles. The monoisotopic (exact) mass is 431 g/mol. The van der Waals surface area contributed by atoms with E-state index in [0.29, 0.717) is 24.7 Å². The van der Waals surface area contributed by atoms with Gasteiger partial charge in [0.15, 0.2) is 0 Å². The minimum absolute atomic E-state index is 0.276. The molecule has 0 N–H and O–H groups in total. The number of nitriles is 1. The topological polar surface area (TPSA) is 74.6 Å². The average molecular weight is 432 g/mol. The molecule has 3 aromatic heterocycles. The molecule has 2 bridgehead atoms. The van der Waals surface area contributed by atoms with Crippen molar-refractivity contribution in [2.75, 3.05) is 31.7 Å². The number of hydrogen-bond acceptors (Lipinski definition) is 6. The Morgan fingerprint density at radius 1 is 1.12 bits per heavy atom. The van der Waals surface area contributed by atoms with Crippen LogP contribution >= 0.6 is 0 Å². The van der Waals surface area contributed by atoms with Gasteiger partial charge in [0.25, 0.3) is 0 Å². The lowest BCUT2D eigenvalue weighted by Crippen LogP contribution is -2.62. The standard InChI is InChI=1S/C24H29N7O/c1-28-11-18(10-27-28)17-7-23-22(5-6-26-30(23)12-17)29-13-19-3-4-20(14-29)31(19)21-8-24(9-21,15-25)16-32-2/h5-7,10-12,19-21H,3-4,8-9,13-14,16H2,1-2H3/t19-,20?,21?,24?/m1/s1. The van der Waals surface area contributed by atoms with Gasteiger partial charge in [0.1, 0.15) is 0 Å². The van der Waals surface area contributed by atoms with E-state index < -0.39 is 0 Å². The summed E-state index contributed by atoms with van der Waals surface area (Å²) in [5, 5.41) is 18.5. The van der Waals surface area contributed by atoms with Crippen molar-refractivity contribution in [3.63, 3.8) is 0 Å². The fourth-order valence-electron chi connectivity index (χ4n) is 6.29. The van der Waals surface area contributed by atoms with Gasteiger partial charge in [-0.25, -0.2) is 4.52 Å². The highest BCUT2D eigenvalue weighted by molar-refractivity contribution is 5.79. The fourth-order valence-corrected chi connectivity index (χ4v) is 6.29. The van der Waals surface area contributed by atoms with Crippen LogP contribution in [0.15, 0.2) is 36.9 Å². The van der Waals surface area contributed by atoms with E-state index in [1.807, 2.05) is 34.8 Å². The third-order valence-corrected chi connectivity index (χ3v) is 7.74. The maximum Gasteiger partial charge on any atom is 0.0886 e. The van der Waals surface area contributed by atoms with Crippen LogP contribution in [0.25, 0.3) is 16.6 Å². The highest BCUT2D eigenvalue weighted by atomic mass is 16.5. The number of aryl methyl sites for hydroxylation is 1. The largest absolute Gasteiger partial charge is 0.383 e. The fraction of sp³-hybridized carbons (Fsp3) is 0.542. The Labute approximate surface area is 188 Å². The second kappa shape index (κ2) is 7.32. The summed E-state index contributed by atoms with van der Waals surface area (Å²) in [5.74, 6) is 0. The van der Waals surface area contributed by atoms with Gasteiger partial charge in [-0.1, -0.05) is 0 Å². The smallest absolute Gasteiger partial charge is 0.0886 e. The number of hydrogen-bond donors (Lipinski definition) is 0. The number of nitrogens with zero attached hydrogens (tertiary/aromatic N) is 7. The van der Waals surface area contributed by atoms with E-state index in [4.69, 9.17) is 4.74 Å². The first-order valence-corrected chi connectivity index (χ1v) is 11.5. The molecule has 0 aromatic carbocycles. The summed E-state index contributed by atoms with van der Waals surface area (Å²) in [4.78, 5) is 5.29. The van der Waals surface area contributed by atoms with Crippen LogP contribution in [0.4, 0.5) is 5.69 Å². The van der Waals surface area contributed by atoms with Crippen LogP contribution in [0.1, 0.15) is 25.7 Å². The summed E-state index contributed by atoms with van der Waals surface area (Å²) in [7, 11) is 3.64. The Kier molecular flexibility index (Phi) is 4.52. The summed E-state index contributed by atoms with van der Waals surface area (Å²) in [6, 6.07) is 8.54. The third kappa shape index (κ3) is 3.03. The Morgan fingerprint density at radius 2 is 1.91 bits per heavy atom. The molecular formula is C24H29N7O. The first-order valence-electron chi connectivity index (χ1n) is 11.5. The van der Waals surface area contributed by atoms with Crippen LogP contribution < -0.4 is 4.90 Å². The van der Waals surface area contributed by atoms with E-state index in [9.17, 15) is 5.26 Å². The quantitative estimate of drug-likeness (QED) is 0.618. The molecule has 0 radical (unpaired) electrons. The number of anilines is 1. The number of fused-ring (bicyclic) bond motifs is 3. The predicted octanol–water partition coefficient (Wildman–Crippen LogP) is 2.71. The normalized spacial score (nSPS) is 29.9. The number of methoxy groups -OCH3 is 1. The minimum atomic E-state index is -0.276. The van der Waals surface area contributed by atoms with Crippen LogP contribution in [0, 0.1) is 16.7 Å². The van der Waals surface area contributed by atoms with E-state index in [0.717, 1.165) is 42.6 Å². The van der Waals surface area contributed by atoms with Crippen LogP contribution in [-0.4, -0.2) is 69.2 Å². The predicted molar refractivity (Wildman–Crippen MR) is 121 cm³/mol. The van der Waals surface area contributed by atoms with Crippen LogP contribution in [-0.2, 0) is 11.8 Å². The zero-order valence-electron chi connectivity index (χ0n) is 18.7. The molecule has 6 rings (SSSR count). The molecule has 2 saturated heterocycles. The lowest BCUT2D eigenvalue weighted by atomic mass is 9.66. The van der Waals surface area contributed by atoms with Crippen LogP contribution in [0.2, 0.25) is 0 Å². The molecule has 1 saturated carbocycles. The molecule has 2 aliphatic heterocycles. The molecule has 2 atom stereocenters. The highest BCUT2D eigenvalue weighted by Crippen LogP contribution is 2.48. The van der Waals surface area contributed by atoms with Gasteiger partial charge in [0, 0.05) is 75.1 Å². The lowest BCUT2D eigenvalue weighted by Gasteiger charge is -2.53. The zero-order valence-corrected chi connectivity index (χ0v) is 18.7. The summed E-state index contributed by atoms with van der Waals surface area (Å²) >= 11 is 0. The van der Waals surface area contributed by atoms with Gasteiger partial charge >= 0.3 is 0 Å². The molecule has 1 unspecified atom stereocenters. The van der Waals surface area contributed by atoms with E-state index in [1.165, 1.54) is 18.5 Å². The molecule has 0 spiro atoms. The molecule has 8 nitrogen and oxygen atoms in total. The zero-order chi connectivity index (χ0) is 21.9. The lowest BCUT2D eigenvalue weighted by molar-refractivity contribution is -0.0365. The molecule has 8 heteroatoms. The van der Waals surface area contributed by atoms with Crippen molar-refractivity contribution in [3.05, 3.63) is 36.9 Å². The first kappa shape index (κ1) is 19.8. The second-order valence-corrected chi connectivity index (χ2v) is 9.80. The van der Waals surface area contributed by atoms with Gasteiger partial charge in [-0.3, -0.25) is 9.58 Å². The Balaban J connectivity index is 1.23. The minimum Gasteiger partial charge on any atom is -0.383 e. The van der Waals surface area contributed by atoms with E-state index in [-0.39, 0.29) is 5.41 Å².